The number of rotatable bonds is 10. The molecule has 0 aliphatic heterocycles. The highest BCUT2D eigenvalue weighted by Crippen LogP contribution is 2.44. The molecule has 2 atom stereocenters. The van der Waals surface area contributed by atoms with E-state index in [-0.39, 0.29) is 24.9 Å². The lowest BCUT2D eigenvalue weighted by Gasteiger charge is -2.23. The first kappa shape index (κ1) is 24.0. The van der Waals surface area contributed by atoms with Crippen LogP contribution in [0.3, 0.4) is 0 Å². The molecule has 3 rings (SSSR count). The molecule has 7 nitrogen and oxygen atoms in total. The maximum absolute atomic E-state index is 12.7. The van der Waals surface area contributed by atoms with Gasteiger partial charge >= 0.3 is 12.1 Å². The first-order valence-electron chi connectivity index (χ1n) is 11.1. The number of allylic oxidation sites excluding steroid dienone is 1. The minimum absolute atomic E-state index is 0.0964. The summed E-state index contributed by atoms with van der Waals surface area (Å²) in [5, 5.41) is 14.5. The number of carbonyl (C=O) groups excluding carboxylic acids is 2. The van der Waals surface area contributed by atoms with Gasteiger partial charge in [-0.3, -0.25) is 4.79 Å². The number of hydrogen-bond donors (Lipinski definition) is 3. The quantitative estimate of drug-likeness (QED) is 0.473. The molecule has 7 heteroatoms. The van der Waals surface area contributed by atoms with Crippen molar-refractivity contribution in [2.24, 2.45) is 5.92 Å². The average Bonchev–Trinajstić information content (AvgIpc) is 3.12. The van der Waals surface area contributed by atoms with E-state index in [1.165, 1.54) is 0 Å². The first-order valence-corrected chi connectivity index (χ1v) is 11.1. The molecule has 1 aliphatic rings. The summed E-state index contributed by atoms with van der Waals surface area (Å²) < 4.78 is 5.53. The molecule has 1 aliphatic carbocycles. The van der Waals surface area contributed by atoms with Gasteiger partial charge in [-0.15, -0.1) is 6.58 Å². The molecule has 0 bridgehead atoms. The Kier molecular flexibility index (Phi) is 7.87. The van der Waals surface area contributed by atoms with Crippen molar-refractivity contribution in [3.8, 4) is 11.1 Å². The summed E-state index contributed by atoms with van der Waals surface area (Å²) in [6.07, 6.45) is 1.67. The number of carbonyl (C=O) groups is 3. The van der Waals surface area contributed by atoms with Crippen molar-refractivity contribution in [1.82, 2.24) is 10.6 Å². The zero-order chi connectivity index (χ0) is 24.0. The molecule has 0 saturated carbocycles. The zero-order valence-electron chi connectivity index (χ0n) is 18.9. The summed E-state index contributed by atoms with van der Waals surface area (Å²) in [5.41, 5.74) is 4.43. The largest absolute Gasteiger partial charge is 0.480 e. The van der Waals surface area contributed by atoms with E-state index >= 15 is 0 Å². The predicted molar refractivity (Wildman–Crippen MR) is 126 cm³/mol. The van der Waals surface area contributed by atoms with Crippen LogP contribution in [0.15, 0.2) is 61.2 Å². The van der Waals surface area contributed by atoms with Gasteiger partial charge in [0.25, 0.3) is 0 Å². The molecule has 1 unspecified atom stereocenters. The van der Waals surface area contributed by atoms with Gasteiger partial charge in [-0.05, 0) is 41.0 Å². The molecule has 2 aromatic carbocycles. The van der Waals surface area contributed by atoms with Crippen LogP contribution in [0.1, 0.15) is 43.7 Å². The van der Waals surface area contributed by atoms with Crippen molar-refractivity contribution in [2.45, 2.75) is 44.7 Å². The van der Waals surface area contributed by atoms with Gasteiger partial charge in [0.1, 0.15) is 18.7 Å². The Morgan fingerprint density at radius 3 is 2.12 bits per heavy atom. The fourth-order valence-corrected chi connectivity index (χ4v) is 4.10. The number of aliphatic carboxylic acids is 1. The van der Waals surface area contributed by atoms with Crippen LogP contribution in [0, 0.1) is 5.92 Å². The lowest BCUT2D eigenvalue weighted by molar-refractivity contribution is -0.143. The molecule has 33 heavy (non-hydrogen) atoms. The number of amides is 2. The first-order chi connectivity index (χ1) is 15.8. The van der Waals surface area contributed by atoms with Crippen molar-refractivity contribution in [3.63, 3.8) is 0 Å². The lowest BCUT2D eigenvalue weighted by atomic mass is 9.98. The normalized spacial score (nSPS) is 14.0. The van der Waals surface area contributed by atoms with Gasteiger partial charge in [0, 0.05) is 5.92 Å². The van der Waals surface area contributed by atoms with E-state index in [4.69, 9.17) is 4.74 Å². The third-order valence-electron chi connectivity index (χ3n) is 5.84. The maximum Gasteiger partial charge on any atom is 0.407 e. The third kappa shape index (κ3) is 5.61. The van der Waals surface area contributed by atoms with Crippen molar-refractivity contribution >= 4 is 18.0 Å². The maximum atomic E-state index is 12.7. The van der Waals surface area contributed by atoms with Crippen molar-refractivity contribution in [3.05, 3.63) is 72.3 Å². The molecule has 0 radical (unpaired) electrons. The monoisotopic (exact) mass is 450 g/mol. The Balaban J connectivity index is 1.67. The summed E-state index contributed by atoms with van der Waals surface area (Å²) in [7, 11) is 0. The Morgan fingerprint density at radius 2 is 1.61 bits per heavy atom. The van der Waals surface area contributed by atoms with Gasteiger partial charge < -0.3 is 20.5 Å². The van der Waals surface area contributed by atoms with E-state index in [9.17, 15) is 19.5 Å². The van der Waals surface area contributed by atoms with E-state index in [1.54, 1.807) is 19.9 Å². The van der Waals surface area contributed by atoms with Crippen LogP contribution in [-0.4, -0.2) is 41.8 Å². The highest BCUT2D eigenvalue weighted by molar-refractivity contribution is 5.89. The molecule has 3 N–H and O–H groups in total. The second-order valence-electron chi connectivity index (χ2n) is 8.46. The predicted octanol–water partition coefficient (Wildman–Crippen LogP) is 4.09. The van der Waals surface area contributed by atoms with Gasteiger partial charge in [-0.1, -0.05) is 68.5 Å². The lowest BCUT2D eigenvalue weighted by Crippen LogP contribution is -2.53. The summed E-state index contributed by atoms with van der Waals surface area (Å²) in [6.45, 7) is 7.18. The molecule has 2 aromatic rings. The number of alkyl carbamates (subject to hydrolysis) is 1. The number of hydrogen-bond acceptors (Lipinski definition) is 4. The molecule has 0 saturated heterocycles. The van der Waals surface area contributed by atoms with Crippen LogP contribution in [-0.2, 0) is 14.3 Å². The highest BCUT2D eigenvalue weighted by atomic mass is 16.5. The smallest absolute Gasteiger partial charge is 0.407 e. The Hall–Kier alpha value is -3.61. The Labute approximate surface area is 193 Å². The number of benzene rings is 2. The van der Waals surface area contributed by atoms with E-state index in [0.29, 0.717) is 6.42 Å². The molecule has 0 heterocycles. The van der Waals surface area contributed by atoms with Crippen LogP contribution < -0.4 is 10.6 Å². The number of carboxylic acid groups (broad SMARTS) is 1. The van der Waals surface area contributed by atoms with Crippen LogP contribution in [0.25, 0.3) is 11.1 Å². The van der Waals surface area contributed by atoms with Crippen LogP contribution in [0.4, 0.5) is 4.79 Å². The van der Waals surface area contributed by atoms with E-state index < -0.39 is 30.1 Å². The SMILES string of the molecule is C=CCCC(NC(=O)OCC1c2ccccc2-c2ccccc21)C(=O)N[C@H](C(=O)O)C(C)C. The summed E-state index contributed by atoms with van der Waals surface area (Å²) >= 11 is 0. The number of carboxylic acids is 1. The summed E-state index contributed by atoms with van der Waals surface area (Å²) in [4.78, 5) is 36.8. The fourth-order valence-electron chi connectivity index (χ4n) is 4.10. The van der Waals surface area contributed by atoms with Gasteiger partial charge in [0.05, 0.1) is 0 Å². The Morgan fingerprint density at radius 1 is 1.03 bits per heavy atom. The van der Waals surface area contributed by atoms with Gasteiger partial charge in [-0.2, -0.15) is 0 Å². The van der Waals surface area contributed by atoms with Crippen molar-refractivity contribution < 1.29 is 24.2 Å². The van der Waals surface area contributed by atoms with Crippen LogP contribution >= 0.6 is 0 Å². The molecule has 2 amide bonds. The zero-order valence-corrected chi connectivity index (χ0v) is 18.9. The molecule has 174 valence electrons. The van der Waals surface area contributed by atoms with E-state index in [1.807, 2.05) is 36.4 Å². The molecule has 0 spiro atoms. The summed E-state index contributed by atoms with van der Waals surface area (Å²) in [6, 6.07) is 14.1. The molecule has 0 aromatic heterocycles. The topological polar surface area (TPSA) is 105 Å². The van der Waals surface area contributed by atoms with Crippen LogP contribution in [0.5, 0.6) is 0 Å². The van der Waals surface area contributed by atoms with Crippen molar-refractivity contribution in [1.29, 1.82) is 0 Å². The van der Waals surface area contributed by atoms with Gasteiger partial charge in [0.15, 0.2) is 0 Å². The molecule has 0 fully saturated rings. The molecular formula is C26H30N2O5. The standard InChI is InChI=1S/C26H30N2O5/c1-4-5-14-22(24(29)28-23(16(2)3)25(30)31)27-26(32)33-15-21-19-12-8-6-10-17(19)18-11-7-9-13-20(18)21/h4,6-13,16,21-23H,1,5,14-15H2,2-3H3,(H,27,32)(H,28,29)(H,30,31)/t22?,23-/m0/s1. The fraction of sp³-hybridized carbons (Fsp3) is 0.346. The van der Waals surface area contributed by atoms with Crippen LogP contribution in [0.2, 0.25) is 0 Å². The number of fused-ring (bicyclic) bond motifs is 3. The average molecular weight is 451 g/mol. The minimum Gasteiger partial charge on any atom is -0.480 e. The second-order valence-corrected chi connectivity index (χ2v) is 8.46. The van der Waals surface area contributed by atoms with E-state index in [2.05, 4.69) is 29.3 Å². The third-order valence-corrected chi connectivity index (χ3v) is 5.84. The van der Waals surface area contributed by atoms with Gasteiger partial charge in [-0.25, -0.2) is 9.59 Å². The summed E-state index contributed by atoms with van der Waals surface area (Å²) in [5.74, 6) is -2.09. The minimum atomic E-state index is -1.12. The number of ether oxygens (including phenoxy) is 1. The second kappa shape index (κ2) is 10.8. The molecular weight excluding hydrogens is 420 g/mol. The van der Waals surface area contributed by atoms with E-state index in [0.717, 1.165) is 22.3 Å². The van der Waals surface area contributed by atoms with Gasteiger partial charge in [0.2, 0.25) is 5.91 Å². The Bertz CT molecular complexity index is 987. The number of nitrogens with one attached hydrogen (secondary N) is 2. The highest BCUT2D eigenvalue weighted by Gasteiger charge is 2.31. The van der Waals surface area contributed by atoms with Crippen molar-refractivity contribution in [2.75, 3.05) is 6.61 Å².